The maximum Gasteiger partial charge on any atom is 0.313 e. The molecule has 1 aliphatic rings. The number of ether oxygens (including phenoxy) is 2. The van der Waals surface area contributed by atoms with Crippen LogP contribution in [-0.4, -0.2) is 29.9 Å². The van der Waals surface area contributed by atoms with Crippen molar-refractivity contribution in [3.05, 3.63) is 12.8 Å². The van der Waals surface area contributed by atoms with E-state index in [1.807, 2.05) is 0 Å². The highest BCUT2D eigenvalue weighted by Gasteiger charge is 2.39. The van der Waals surface area contributed by atoms with Crippen molar-refractivity contribution in [1.82, 2.24) is 0 Å². The molecule has 1 heterocycles. The van der Waals surface area contributed by atoms with Crippen LogP contribution in [0.4, 0.5) is 0 Å². The van der Waals surface area contributed by atoms with Crippen LogP contribution in [0.2, 0.25) is 0 Å². The smallest absolute Gasteiger partial charge is 0.313 e. The van der Waals surface area contributed by atoms with Crippen LogP contribution in [0.3, 0.4) is 0 Å². The van der Waals surface area contributed by atoms with Crippen LogP contribution in [0.1, 0.15) is 6.42 Å². The average molecular weight is 158 g/mol. The molecule has 1 N–H and O–H groups in total. The second-order valence-corrected chi connectivity index (χ2v) is 2.26. The fourth-order valence-electron chi connectivity index (χ4n) is 0.825. The Labute approximate surface area is 64.4 Å². The predicted molar refractivity (Wildman–Crippen MR) is 36.7 cm³/mol. The van der Waals surface area contributed by atoms with Gasteiger partial charge in [0, 0.05) is 0 Å². The molecule has 2 unspecified atom stereocenters. The van der Waals surface area contributed by atoms with Crippen molar-refractivity contribution < 1.29 is 19.4 Å². The number of aliphatic hydroxyl groups is 1. The van der Waals surface area contributed by atoms with E-state index in [4.69, 9.17) is 9.84 Å². The number of hydrogen-bond acceptors (Lipinski definition) is 4. The van der Waals surface area contributed by atoms with E-state index in [0.717, 1.165) is 6.26 Å². The quantitative estimate of drug-likeness (QED) is 0.350. The molecule has 1 aliphatic heterocycles. The van der Waals surface area contributed by atoms with Gasteiger partial charge in [0.05, 0.1) is 25.4 Å². The van der Waals surface area contributed by atoms with Gasteiger partial charge in [0.25, 0.3) is 0 Å². The van der Waals surface area contributed by atoms with Gasteiger partial charge in [-0.25, -0.2) is 0 Å². The lowest BCUT2D eigenvalue weighted by atomic mass is 10.2. The standard InChI is InChI=1S/C7H10O4/c1-2-10-7(9)3-5-6(4-8)11-5/h2,5-6,8H,1,3-4H2. The second kappa shape index (κ2) is 3.50. The minimum absolute atomic E-state index is 0.0357. The number of esters is 1. The molecule has 1 rings (SSSR count). The number of rotatable bonds is 4. The van der Waals surface area contributed by atoms with Crippen molar-refractivity contribution in [2.45, 2.75) is 18.6 Å². The Morgan fingerprint density at radius 1 is 1.73 bits per heavy atom. The van der Waals surface area contributed by atoms with E-state index in [-0.39, 0.29) is 31.2 Å². The van der Waals surface area contributed by atoms with Crippen LogP contribution in [0.5, 0.6) is 0 Å². The summed E-state index contributed by atoms with van der Waals surface area (Å²) in [5.74, 6) is -0.374. The van der Waals surface area contributed by atoms with Gasteiger partial charge >= 0.3 is 5.97 Å². The normalized spacial score (nSPS) is 27.7. The largest absolute Gasteiger partial charge is 0.435 e. The Morgan fingerprint density at radius 3 is 2.91 bits per heavy atom. The van der Waals surface area contributed by atoms with Crippen LogP contribution in [0, 0.1) is 0 Å². The van der Waals surface area contributed by atoms with Crippen molar-refractivity contribution in [1.29, 1.82) is 0 Å². The van der Waals surface area contributed by atoms with Gasteiger partial charge in [0.1, 0.15) is 6.10 Å². The average Bonchev–Trinajstić information content (AvgIpc) is 2.68. The van der Waals surface area contributed by atoms with Crippen LogP contribution < -0.4 is 0 Å². The molecule has 0 aliphatic carbocycles. The molecule has 4 nitrogen and oxygen atoms in total. The maximum atomic E-state index is 10.7. The third kappa shape index (κ3) is 2.32. The zero-order valence-corrected chi connectivity index (χ0v) is 6.03. The molecule has 1 fully saturated rings. The molecule has 0 aromatic rings. The van der Waals surface area contributed by atoms with Gasteiger partial charge < -0.3 is 14.6 Å². The van der Waals surface area contributed by atoms with E-state index < -0.39 is 0 Å². The maximum absolute atomic E-state index is 10.7. The van der Waals surface area contributed by atoms with Crippen LogP contribution in [0.15, 0.2) is 12.8 Å². The van der Waals surface area contributed by atoms with Gasteiger partial charge in [0.2, 0.25) is 0 Å². The number of carbonyl (C=O) groups is 1. The first kappa shape index (κ1) is 8.23. The summed E-state index contributed by atoms with van der Waals surface area (Å²) < 4.78 is 9.35. The van der Waals surface area contributed by atoms with Crippen molar-refractivity contribution in [2.75, 3.05) is 6.61 Å². The fourth-order valence-corrected chi connectivity index (χ4v) is 0.825. The van der Waals surface area contributed by atoms with Gasteiger partial charge in [0.15, 0.2) is 0 Å². The summed E-state index contributed by atoms with van der Waals surface area (Å²) in [5, 5.41) is 8.52. The molecule has 0 bridgehead atoms. The number of hydrogen-bond donors (Lipinski definition) is 1. The first-order chi connectivity index (χ1) is 5.27. The first-order valence-electron chi connectivity index (χ1n) is 3.34. The third-order valence-corrected chi connectivity index (χ3v) is 1.45. The third-order valence-electron chi connectivity index (χ3n) is 1.45. The van der Waals surface area contributed by atoms with Crippen molar-refractivity contribution in [2.24, 2.45) is 0 Å². The lowest BCUT2D eigenvalue weighted by Gasteiger charge is -1.93. The van der Waals surface area contributed by atoms with E-state index in [1.54, 1.807) is 0 Å². The summed E-state index contributed by atoms with van der Waals surface area (Å²) in [6.45, 7) is 3.20. The molecule has 4 heteroatoms. The van der Waals surface area contributed by atoms with E-state index in [1.165, 1.54) is 0 Å². The van der Waals surface area contributed by atoms with Gasteiger partial charge in [-0.15, -0.1) is 0 Å². The summed E-state index contributed by atoms with van der Waals surface area (Å²) in [4.78, 5) is 10.7. The van der Waals surface area contributed by atoms with Crippen molar-refractivity contribution in [3.63, 3.8) is 0 Å². The van der Waals surface area contributed by atoms with E-state index >= 15 is 0 Å². The van der Waals surface area contributed by atoms with Crippen LogP contribution in [0.25, 0.3) is 0 Å². The van der Waals surface area contributed by atoms with Crippen molar-refractivity contribution >= 4 is 5.97 Å². The molecule has 0 aromatic heterocycles. The lowest BCUT2D eigenvalue weighted by molar-refractivity contribution is -0.138. The molecule has 1 saturated heterocycles. The van der Waals surface area contributed by atoms with Crippen LogP contribution in [-0.2, 0) is 14.3 Å². The Bertz CT molecular complexity index is 166. The minimum Gasteiger partial charge on any atom is -0.435 e. The van der Waals surface area contributed by atoms with Gasteiger partial charge in [-0.2, -0.15) is 0 Å². The van der Waals surface area contributed by atoms with Gasteiger partial charge in [-0.3, -0.25) is 4.79 Å². The summed E-state index contributed by atoms with van der Waals surface area (Å²) in [6.07, 6.45) is 0.940. The molecule has 0 amide bonds. The second-order valence-electron chi connectivity index (χ2n) is 2.26. The van der Waals surface area contributed by atoms with Gasteiger partial charge in [-0.1, -0.05) is 6.58 Å². The lowest BCUT2D eigenvalue weighted by Crippen LogP contribution is -2.07. The highest BCUT2D eigenvalue weighted by Crippen LogP contribution is 2.24. The number of carbonyl (C=O) groups excluding carboxylic acids is 1. The summed E-state index contributed by atoms with van der Waals surface area (Å²) in [5.41, 5.74) is 0. The molecule has 0 saturated carbocycles. The topological polar surface area (TPSA) is 59.1 Å². The van der Waals surface area contributed by atoms with Crippen molar-refractivity contribution in [3.8, 4) is 0 Å². The van der Waals surface area contributed by atoms with E-state index in [9.17, 15) is 4.79 Å². The zero-order chi connectivity index (χ0) is 8.27. The highest BCUT2D eigenvalue weighted by atomic mass is 16.6. The predicted octanol–water partition coefficient (Wildman–Crippen LogP) is -0.177. The first-order valence-corrected chi connectivity index (χ1v) is 3.34. The Morgan fingerprint density at radius 2 is 2.45 bits per heavy atom. The highest BCUT2D eigenvalue weighted by molar-refractivity contribution is 5.71. The zero-order valence-electron chi connectivity index (χ0n) is 6.03. The molecular formula is C7H10O4. The van der Waals surface area contributed by atoms with E-state index in [0.29, 0.717) is 0 Å². The van der Waals surface area contributed by atoms with E-state index in [2.05, 4.69) is 11.3 Å². The molecular weight excluding hydrogens is 148 g/mol. The molecule has 11 heavy (non-hydrogen) atoms. The van der Waals surface area contributed by atoms with Gasteiger partial charge in [-0.05, 0) is 0 Å². The molecule has 62 valence electrons. The van der Waals surface area contributed by atoms with Crippen LogP contribution >= 0.6 is 0 Å². The summed E-state index contributed by atoms with van der Waals surface area (Å²) >= 11 is 0. The summed E-state index contributed by atoms with van der Waals surface area (Å²) in [6, 6.07) is 0. The monoisotopic (exact) mass is 158 g/mol. The molecule has 0 aromatic carbocycles. The number of epoxide rings is 1. The Kier molecular flexibility index (Phi) is 2.62. The SMILES string of the molecule is C=COC(=O)CC1OC1CO. The Hall–Kier alpha value is -0.870. The fraction of sp³-hybridized carbons (Fsp3) is 0.571. The molecule has 0 radical (unpaired) electrons. The minimum atomic E-state index is -0.374. The molecule has 0 spiro atoms. The number of aliphatic hydroxyl groups excluding tert-OH is 1. The Balaban J connectivity index is 2.12. The summed E-state index contributed by atoms with van der Waals surface area (Å²) in [7, 11) is 0. The molecule has 2 atom stereocenters.